The fraction of sp³-hybridized carbons (Fsp3) is 0.857. The van der Waals surface area contributed by atoms with Crippen LogP contribution in [0.25, 0.3) is 0 Å². The Morgan fingerprint density at radius 3 is 2.33 bits per heavy atom. The van der Waals surface area contributed by atoms with Gasteiger partial charge in [-0.05, 0) is 44.6 Å². The molecule has 0 heterocycles. The van der Waals surface area contributed by atoms with Crippen molar-refractivity contribution in [2.45, 2.75) is 66.3 Å². The lowest BCUT2D eigenvalue weighted by Gasteiger charge is -2.27. The Labute approximate surface area is 96.3 Å². The van der Waals surface area contributed by atoms with E-state index in [9.17, 15) is 0 Å². The van der Waals surface area contributed by atoms with E-state index in [1.807, 2.05) is 0 Å². The fourth-order valence-electron chi connectivity index (χ4n) is 1.78. The second-order valence-electron chi connectivity index (χ2n) is 5.91. The van der Waals surface area contributed by atoms with Gasteiger partial charge in [0.15, 0.2) is 0 Å². The van der Waals surface area contributed by atoms with Crippen molar-refractivity contribution < 1.29 is 0 Å². The molecule has 0 amide bonds. The van der Waals surface area contributed by atoms with Crippen LogP contribution in [-0.4, -0.2) is 12.6 Å². The largest absolute Gasteiger partial charge is 0.314 e. The zero-order valence-electron chi connectivity index (χ0n) is 11.3. The van der Waals surface area contributed by atoms with Crippen LogP contribution in [0.5, 0.6) is 0 Å². The van der Waals surface area contributed by atoms with Gasteiger partial charge in [0.25, 0.3) is 0 Å². The average Bonchev–Trinajstić information content (AvgIpc) is 2.07. The molecule has 90 valence electrons. The second-order valence-corrected chi connectivity index (χ2v) is 5.91. The van der Waals surface area contributed by atoms with Gasteiger partial charge in [0.1, 0.15) is 0 Å². The molecule has 0 bridgehead atoms. The van der Waals surface area contributed by atoms with Gasteiger partial charge in [-0.2, -0.15) is 0 Å². The van der Waals surface area contributed by atoms with Crippen molar-refractivity contribution in [3.63, 3.8) is 0 Å². The molecule has 0 aromatic rings. The second kappa shape index (κ2) is 7.05. The van der Waals surface area contributed by atoms with Crippen molar-refractivity contribution >= 4 is 0 Å². The molecule has 0 aliphatic carbocycles. The van der Waals surface area contributed by atoms with Crippen LogP contribution in [0.3, 0.4) is 0 Å². The number of rotatable bonds is 7. The monoisotopic (exact) mass is 211 g/mol. The molecule has 0 rings (SSSR count). The highest BCUT2D eigenvalue weighted by Crippen LogP contribution is 2.23. The van der Waals surface area contributed by atoms with Gasteiger partial charge < -0.3 is 5.32 Å². The summed E-state index contributed by atoms with van der Waals surface area (Å²) in [6.45, 7) is 16.4. The molecule has 1 atom stereocenters. The van der Waals surface area contributed by atoms with Gasteiger partial charge in [-0.15, -0.1) is 6.58 Å². The van der Waals surface area contributed by atoms with Crippen molar-refractivity contribution in [2.24, 2.45) is 5.41 Å². The Morgan fingerprint density at radius 1 is 1.33 bits per heavy atom. The Hall–Kier alpha value is -0.300. The van der Waals surface area contributed by atoms with Crippen LogP contribution in [0, 0.1) is 5.41 Å². The molecule has 1 unspecified atom stereocenters. The number of nitrogens with one attached hydrogen (secondary N) is 1. The van der Waals surface area contributed by atoms with E-state index in [4.69, 9.17) is 0 Å². The van der Waals surface area contributed by atoms with Gasteiger partial charge in [-0.1, -0.05) is 33.3 Å². The topological polar surface area (TPSA) is 12.0 Å². The molecule has 15 heavy (non-hydrogen) atoms. The smallest absolute Gasteiger partial charge is 0.00750 e. The molecular formula is C14H29N. The van der Waals surface area contributed by atoms with E-state index in [2.05, 4.69) is 46.5 Å². The molecule has 0 saturated carbocycles. The summed E-state index contributed by atoms with van der Waals surface area (Å²) < 4.78 is 0. The van der Waals surface area contributed by atoms with Crippen molar-refractivity contribution in [3.8, 4) is 0 Å². The third-order valence-electron chi connectivity index (χ3n) is 2.46. The van der Waals surface area contributed by atoms with Crippen molar-refractivity contribution in [3.05, 3.63) is 12.2 Å². The highest BCUT2D eigenvalue weighted by molar-refractivity contribution is 4.90. The zero-order chi connectivity index (χ0) is 11.9. The van der Waals surface area contributed by atoms with Crippen LogP contribution in [0.4, 0.5) is 0 Å². The van der Waals surface area contributed by atoms with Crippen molar-refractivity contribution in [1.29, 1.82) is 0 Å². The third-order valence-corrected chi connectivity index (χ3v) is 2.46. The first-order chi connectivity index (χ1) is 6.85. The van der Waals surface area contributed by atoms with Crippen LogP contribution in [0.2, 0.25) is 0 Å². The molecule has 0 aliphatic rings. The lowest BCUT2D eigenvalue weighted by molar-refractivity contribution is 0.298. The summed E-state index contributed by atoms with van der Waals surface area (Å²) >= 11 is 0. The van der Waals surface area contributed by atoms with Crippen molar-refractivity contribution in [2.75, 3.05) is 6.54 Å². The molecule has 0 aromatic carbocycles. The minimum Gasteiger partial charge on any atom is -0.314 e. The minimum atomic E-state index is 0.417. The lowest BCUT2D eigenvalue weighted by atomic mass is 9.86. The standard InChI is InChI=1S/C14H29N/c1-7-10-15-13(9-8-12(2)3)11-14(4,5)6/h13,15H,2,7-11H2,1,3-6H3. The lowest BCUT2D eigenvalue weighted by Crippen LogP contribution is -2.33. The summed E-state index contributed by atoms with van der Waals surface area (Å²) in [6.07, 6.45) is 4.85. The maximum atomic E-state index is 3.98. The number of allylic oxidation sites excluding steroid dienone is 1. The molecule has 0 radical (unpaired) electrons. The number of hydrogen-bond donors (Lipinski definition) is 1. The SMILES string of the molecule is C=C(C)CCC(CC(C)(C)C)NCCC. The number of hydrogen-bond acceptors (Lipinski definition) is 1. The average molecular weight is 211 g/mol. The van der Waals surface area contributed by atoms with Gasteiger partial charge in [0.2, 0.25) is 0 Å². The first-order valence-corrected chi connectivity index (χ1v) is 6.23. The van der Waals surface area contributed by atoms with Crippen LogP contribution in [-0.2, 0) is 0 Å². The fourth-order valence-corrected chi connectivity index (χ4v) is 1.78. The van der Waals surface area contributed by atoms with Crippen LogP contribution in [0.1, 0.15) is 60.3 Å². The zero-order valence-corrected chi connectivity index (χ0v) is 11.3. The maximum Gasteiger partial charge on any atom is 0.00750 e. The van der Waals surface area contributed by atoms with Crippen LogP contribution >= 0.6 is 0 Å². The molecule has 0 fully saturated rings. The van der Waals surface area contributed by atoms with E-state index in [0.717, 1.165) is 13.0 Å². The molecule has 0 saturated heterocycles. The minimum absolute atomic E-state index is 0.417. The maximum absolute atomic E-state index is 3.98. The predicted molar refractivity (Wildman–Crippen MR) is 70.2 cm³/mol. The first kappa shape index (κ1) is 14.7. The summed E-state index contributed by atoms with van der Waals surface area (Å²) in [4.78, 5) is 0. The van der Waals surface area contributed by atoms with E-state index in [1.54, 1.807) is 0 Å². The Balaban J connectivity index is 4.00. The molecule has 1 N–H and O–H groups in total. The normalized spacial score (nSPS) is 13.9. The summed E-state index contributed by atoms with van der Waals surface area (Å²) in [7, 11) is 0. The Bertz CT molecular complexity index is 176. The predicted octanol–water partition coefficient (Wildman–Crippen LogP) is 4.15. The van der Waals surface area contributed by atoms with Crippen molar-refractivity contribution in [1.82, 2.24) is 5.32 Å². The summed E-state index contributed by atoms with van der Waals surface area (Å²) in [5, 5.41) is 3.64. The Kier molecular flexibility index (Phi) is 6.91. The summed E-state index contributed by atoms with van der Waals surface area (Å²) in [5.74, 6) is 0. The van der Waals surface area contributed by atoms with Gasteiger partial charge in [-0.25, -0.2) is 0 Å². The van der Waals surface area contributed by atoms with E-state index in [1.165, 1.54) is 24.8 Å². The van der Waals surface area contributed by atoms with Gasteiger partial charge >= 0.3 is 0 Å². The molecule has 0 aliphatic heterocycles. The van der Waals surface area contributed by atoms with E-state index in [0.29, 0.717) is 11.5 Å². The summed E-state index contributed by atoms with van der Waals surface area (Å²) in [6, 6.07) is 0.654. The Morgan fingerprint density at radius 2 is 1.93 bits per heavy atom. The van der Waals surface area contributed by atoms with Gasteiger partial charge in [0.05, 0.1) is 0 Å². The van der Waals surface area contributed by atoms with Crippen LogP contribution in [0.15, 0.2) is 12.2 Å². The molecular weight excluding hydrogens is 182 g/mol. The third kappa shape index (κ3) is 9.99. The molecule has 1 heteroatoms. The molecule has 0 spiro atoms. The van der Waals surface area contributed by atoms with Gasteiger partial charge in [0, 0.05) is 6.04 Å². The first-order valence-electron chi connectivity index (χ1n) is 6.23. The highest BCUT2D eigenvalue weighted by Gasteiger charge is 2.17. The van der Waals surface area contributed by atoms with E-state index in [-0.39, 0.29) is 0 Å². The quantitative estimate of drug-likeness (QED) is 0.624. The van der Waals surface area contributed by atoms with Crippen LogP contribution < -0.4 is 5.32 Å². The van der Waals surface area contributed by atoms with Gasteiger partial charge in [-0.3, -0.25) is 0 Å². The highest BCUT2D eigenvalue weighted by atomic mass is 14.9. The summed E-state index contributed by atoms with van der Waals surface area (Å²) in [5.41, 5.74) is 1.72. The molecule has 0 aromatic heterocycles. The molecule has 1 nitrogen and oxygen atoms in total. The van der Waals surface area contributed by atoms with E-state index >= 15 is 0 Å². The van der Waals surface area contributed by atoms with E-state index < -0.39 is 0 Å².